The van der Waals surface area contributed by atoms with Gasteiger partial charge in [0.05, 0.1) is 26.5 Å². The largest absolute Gasteiger partial charge is 0.332 e. The Labute approximate surface area is 196 Å². The summed E-state index contributed by atoms with van der Waals surface area (Å²) in [6.45, 7) is 0. The van der Waals surface area contributed by atoms with Crippen LogP contribution in [0.3, 0.4) is 0 Å². The summed E-state index contributed by atoms with van der Waals surface area (Å²) in [4.78, 5) is 17.2. The Morgan fingerprint density at radius 3 is 2.50 bits per heavy atom. The first kappa shape index (κ1) is 21.0. The Balaban J connectivity index is 1.59. The summed E-state index contributed by atoms with van der Waals surface area (Å²) < 4.78 is 1.06. The van der Waals surface area contributed by atoms with Crippen LogP contribution in [0.2, 0.25) is 15.1 Å². The van der Waals surface area contributed by atoms with Gasteiger partial charge in [0, 0.05) is 15.6 Å². The van der Waals surface area contributed by atoms with Crippen molar-refractivity contribution in [2.45, 2.75) is 0 Å². The third-order valence-electron chi connectivity index (χ3n) is 4.15. The summed E-state index contributed by atoms with van der Waals surface area (Å²) in [6.07, 6.45) is 0. The maximum absolute atomic E-state index is 12.5. The molecular formula is C21H12Cl3N3OS2. The average molecular weight is 493 g/mol. The second-order valence-electron chi connectivity index (χ2n) is 6.21. The lowest BCUT2D eigenvalue weighted by molar-refractivity contribution is 0.0978. The monoisotopic (exact) mass is 491 g/mol. The van der Waals surface area contributed by atoms with Gasteiger partial charge < -0.3 is 5.32 Å². The summed E-state index contributed by atoms with van der Waals surface area (Å²) in [5, 5.41) is 7.81. The number of hydrogen-bond donors (Lipinski definition) is 2. The van der Waals surface area contributed by atoms with Crippen molar-refractivity contribution in [3.05, 3.63) is 81.3 Å². The molecule has 4 rings (SSSR count). The molecule has 9 heteroatoms. The number of aromatic nitrogens is 1. The van der Waals surface area contributed by atoms with Crippen molar-refractivity contribution in [3.8, 4) is 10.6 Å². The molecule has 3 aromatic carbocycles. The van der Waals surface area contributed by atoms with Crippen LogP contribution in [-0.4, -0.2) is 16.0 Å². The first-order valence-corrected chi connectivity index (χ1v) is 11.0. The Morgan fingerprint density at radius 1 is 0.967 bits per heavy atom. The molecular weight excluding hydrogens is 481 g/mol. The van der Waals surface area contributed by atoms with Gasteiger partial charge in [-0.3, -0.25) is 10.1 Å². The molecule has 0 unspecified atom stereocenters. The van der Waals surface area contributed by atoms with Crippen molar-refractivity contribution in [1.82, 2.24) is 10.3 Å². The second-order valence-corrected chi connectivity index (χ2v) is 8.93. The summed E-state index contributed by atoms with van der Waals surface area (Å²) in [5.74, 6) is -0.462. The van der Waals surface area contributed by atoms with Crippen LogP contribution in [0.1, 0.15) is 10.4 Å². The average Bonchev–Trinajstić information content (AvgIpc) is 3.15. The Morgan fingerprint density at radius 2 is 1.70 bits per heavy atom. The van der Waals surface area contributed by atoms with Gasteiger partial charge in [-0.05, 0) is 60.7 Å². The highest BCUT2D eigenvalue weighted by atomic mass is 35.5. The van der Waals surface area contributed by atoms with E-state index in [0.29, 0.717) is 15.7 Å². The lowest BCUT2D eigenvalue weighted by Gasteiger charge is -2.13. The number of fused-ring (bicyclic) bond motifs is 1. The zero-order chi connectivity index (χ0) is 21.3. The van der Waals surface area contributed by atoms with Gasteiger partial charge >= 0.3 is 0 Å². The summed E-state index contributed by atoms with van der Waals surface area (Å²) >= 11 is 25.1. The van der Waals surface area contributed by atoms with Gasteiger partial charge in [0.1, 0.15) is 5.01 Å². The SMILES string of the molecule is O=C(NC(=S)Nc1ccc(Cl)cc1-c1nc2ccccc2s1)c1cc(Cl)ccc1Cl. The number of rotatable bonds is 3. The Kier molecular flexibility index (Phi) is 6.22. The van der Waals surface area contributed by atoms with Crippen molar-refractivity contribution in [3.63, 3.8) is 0 Å². The van der Waals surface area contributed by atoms with E-state index in [0.717, 1.165) is 20.8 Å². The molecule has 1 heterocycles. The number of para-hydroxylation sites is 1. The third kappa shape index (κ3) is 4.58. The number of nitrogens with zero attached hydrogens (tertiary/aromatic N) is 1. The van der Waals surface area contributed by atoms with Crippen LogP contribution in [0.15, 0.2) is 60.7 Å². The minimum atomic E-state index is -0.462. The molecule has 0 atom stereocenters. The number of thiocarbonyl (C=S) groups is 1. The Hall–Kier alpha value is -2.22. The first-order chi connectivity index (χ1) is 14.4. The molecule has 0 saturated carbocycles. The number of carbonyl (C=O) groups excluding carboxylic acids is 1. The maximum atomic E-state index is 12.5. The molecule has 4 nitrogen and oxygen atoms in total. The van der Waals surface area contributed by atoms with E-state index in [1.807, 2.05) is 24.3 Å². The molecule has 0 spiro atoms. The zero-order valence-corrected chi connectivity index (χ0v) is 19.0. The van der Waals surface area contributed by atoms with Crippen LogP contribution in [-0.2, 0) is 0 Å². The predicted octanol–water partition coefficient (Wildman–Crippen LogP) is 7.05. The normalized spacial score (nSPS) is 10.8. The molecule has 2 N–H and O–H groups in total. The summed E-state index contributed by atoms with van der Waals surface area (Å²) in [5.41, 5.74) is 2.58. The van der Waals surface area contributed by atoms with Crippen LogP contribution in [0.5, 0.6) is 0 Å². The number of hydrogen-bond acceptors (Lipinski definition) is 4. The molecule has 0 bridgehead atoms. The van der Waals surface area contributed by atoms with Gasteiger partial charge in [-0.25, -0.2) is 4.98 Å². The smallest absolute Gasteiger partial charge is 0.258 e. The molecule has 0 aliphatic rings. The minimum absolute atomic E-state index is 0.112. The van der Waals surface area contributed by atoms with E-state index in [1.165, 1.54) is 6.07 Å². The molecule has 0 radical (unpaired) electrons. The molecule has 30 heavy (non-hydrogen) atoms. The Bertz CT molecular complexity index is 1260. The van der Waals surface area contributed by atoms with Gasteiger partial charge in [0.15, 0.2) is 5.11 Å². The fraction of sp³-hybridized carbons (Fsp3) is 0. The topological polar surface area (TPSA) is 54.0 Å². The van der Waals surface area contributed by atoms with Gasteiger partial charge in [-0.2, -0.15) is 0 Å². The van der Waals surface area contributed by atoms with Gasteiger partial charge in [-0.1, -0.05) is 46.9 Å². The van der Waals surface area contributed by atoms with E-state index in [-0.39, 0.29) is 15.7 Å². The highest BCUT2D eigenvalue weighted by molar-refractivity contribution is 7.80. The molecule has 1 aromatic heterocycles. The van der Waals surface area contributed by atoms with E-state index >= 15 is 0 Å². The molecule has 1 amide bonds. The van der Waals surface area contributed by atoms with Crippen molar-refractivity contribution >= 4 is 85.3 Å². The fourth-order valence-corrected chi connectivity index (χ4v) is 4.53. The van der Waals surface area contributed by atoms with E-state index in [9.17, 15) is 4.79 Å². The minimum Gasteiger partial charge on any atom is -0.332 e. The summed E-state index contributed by atoms with van der Waals surface area (Å²) in [7, 11) is 0. The van der Waals surface area contributed by atoms with Crippen molar-refractivity contribution in [2.75, 3.05) is 5.32 Å². The lowest BCUT2D eigenvalue weighted by Crippen LogP contribution is -2.34. The van der Waals surface area contributed by atoms with Crippen molar-refractivity contribution in [2.24, 2.45) is 0 Å². The van der Waals surface area contributed by atoms with Crippen LogP contribution >= 0.6 is 58.4 Å². The number of anilines is 1. The molecule has 150 valence electrons. The quantitative estimate of drug-likeness (QED) is 0.301. The highest BCUT2D eigenvalue weighted by Crippen LogP contribution is 2.36. The van der Waals surface area contributed by atoms with Crippen LogP contribution in [0.4, 0.5) is 5.69 Å². The summed E-state index contributed by atoms with van der Waals surface area (Å²) in [6, 6.07) is 17.8. The van der Waals surface area contributed by atoms with Crippen LogP contribution in [0.25, 0.3) is 20.8 Å². The van der Waals surface area contributed by atoms with Crippen molar-refractivity contribution in [1.29, 1.82) is 0 Å². The predicted molar refractivity (Wildman–Crippen MR) is 130 cm³/mol. The second kappa shape index (κ2) is 8.88. The molecule has 0 saturated heterocycles. The standard InChI is InChI=1S/C21H12Cl3N3OS2/c22-11-5-7-15(24)13(9-11)19(28)27-21(29)26-16-8-6-12(23)10-14(16)20-25-17-3-1-2-4-18(17)30-20/h1-10H,(H2,26,27,28,29). The van der Waals surface area contributed by atoms with E-state index in [1.54, 1.807) is 41.7 Å². The van der Waals surface area contributed by atoms with E-state index < -0.39 is 5.91 Å². The number of halogens is 3. The molecule has 0 fully saturated rings. The lowest BCUT2D eigenvalue weighted by atomic mass is 10.2. The van der Waals surface area contributed by atoms with E-state index in [2.05, 4.69) is 15.6 Å². The van der Waals surface area contributed by atoms with E-state index in [4.69, 9.17) is 47.0 Å². The highest BCUT2D eigenvalue weighted by Gasteiger charge is 2.16. The number of nitrogens with one attached hydrogen (secondary N) is 2. The number of benzene rings is 3. The van der Waals surface area contributed by atoms with Gasteiger partial charge in [0.2, 0.25) is 0 Å². The molecule has 4 aromatic rings. The molecule has 0 aliphatic carbocycles. The van der Waals surface area contributed by atoms with Crippen LogP contribution in [0, 0.1) is 0 Å². The van der Waals surface area contributed by atoms with Crippen LogP contribution < -0.4 is 10.6 Å². The third-order valence-corrected chi connectivity index (χ3v) is 6.23. The van der Waals surface area contributed by atoms with Gasteiger partial charge in [-0.15, -0.1) is 11.3 Å². The number of carbonyl (C=O) groups is 1. The first-order valence-electron chi connectivity index (χ1n) is 8.63. The number of thiazole rings is 1. The molecule has 0 aliphatic heterocycles. The fourth-order valence-electron chi connectivity index (χ4n) is 2.79. The maximum Gasteiger partial charge on any atom is 0.258 e. The zero-order valence-electron chi connectivity index (χ0n) is 15.1. The number of amides is 1. The van der Waals surface area contributed by atoms with Gasteiger partial charge in [0.25, 0.3) is 5.91 Å². The van der Waals surface area contributed by atoms with Crippen molar-refractivity contribution < 1.29 is 4.79 Å².